The number of rotatable bonds is 3. The van der Waals surface area contributed by atoms with E-state index in [1.807, 2.05) is 4.90 Å². The monoisotopic (exact) mass is 298 g/mol. The maximum atomic E-state index is 11.3. The first kappa shape index (κ1) is 11.9. The van der Waals surface area contributed by atoms with Gasteiger partial charge in [0.15, 0.2) is 0 Å². The van der Waals surface area contributed by atoms with Gasteiger partial charge in [-0.3, -0.25) is 9.59 Å². The summed E-state index contributed by atoms with van der Waals surface area (Å²) < 4.78 is 0.769. The number of aliphatic carboxylic acids is 1. The number of hydrogen-bond acceptors (Lipinski definition) is 3. The van der Waals surface area contributed by atoms with Gasteiger partial charge < -0.3 is 15.7 Å². The average Bonchev–Trinajstić information content (AvgIpc) is 2.16. The van der Waals surface area contributed by atoms with Crippen LogP contribution in [0.1, 0.15) is 10.4 Å². The van der Waals surface area contributed by atoms with Crippen LogP contribution in [0, 0.1) is 5.92 Å². The molecule has 1 heterocycles. The number of nitrogens with zero attached hydrogens (tertiary/aromatic N) is 1. The molecule has 2 rings (SSSR count). The molecule has 17 heavy (non-hydrogen) atoms. The van der Waals surface area contributed by atoms with Gasteiger partial charge >= 0.3 is 5.97 Å². The summed E-state index contributed by atoms with van der Waals surface area (Å²) in [5.74, 6) is -1.68. The Balaban J connectivity index is 2.23. The lowest BCUT2D eigenvalue weighted by Crippen LogP contribution is -2.51. The molecule has 1 aliphatic heterocycles. The minimum Gasteiger partial charge on any atom is -0.481 e. The fourth-order valence-corrected chi connectivity index (χ4v) is 2.17. The Labute approximate surface area is 106 Å². The maximum absolute atomic E-state index is 11.3. The zero-order valence-corrected chi connectivity index (χ0v) is 10.5. The number of anilines is 1. The van der Waals surface area contributed by atoms with Gasteiger partial charge in [-0.05, 0) is 18.2 Å². The smallest absolute Gasteiger partial charge is 0.310 e. The SMILES string of the molecule is NC(=O)c1cc(Br)ccc1N1CC(C(=O)O)C1. The third-order valence-electron chi connectivity index (χ3n) is 2.80. The molecule has 0 bridgehead atoms. The summed E-state index contributed by atoms with van der Waals surface area (Å²) in [6.45, 7) is 0.828. The van der Waals surface area contributed by atoms with E-state index < -0.39 is 11.9 Å². The third-order valence-corrected chi connectivity index (χ3v) is 3.29. The fourth-order valence-electron chi connectivity index (χ4n) is 1.81. The Kier molecular flexibility index (Phi) is 3.06. The van der Waals surface area contributed by atoms with E-state index in [2.05, 4.69) is 15.9 Å². The summed E-state index contributed by atoms with van der Waals surface area (Å²) in [5.41, 5.74) is 6.39. The molecule has 1 aromatic rings. The number of primary amides is 1. The van der Waals surface area contributed by atoms with Crippen molar-refractivity contribution in [3.63, 3.8) is 0 Å². The van der Waals surface area contributed by atoms with E-state index in [1.165, 1.54) is 0 Å². The zero-order valence-electron chi connectivity index (χ0n) is 8.89. The Morgan fingerprint density at radius 3 is 2.59 bits per heavy atom. The second-order valence-corrected chi connectivity index (χ2v) is 4.88. The van der Waals surface area contributed by atoms with E-state index >= 15 is 0 Å². The molecule has 0 spiro atoms. The molecule has 1 saturated heterocycles. The minimum absolute atomic E-state index is 0.362. The summed E-state index contributed by atoms with van der Waals surface area (Å²) in [5, 5.41) is 8.79. The van der Waals surface area contributed by atoms with Crippen LogP contribution in [0.3, 0.4) is 0 Å². The Bertz CT molecular complexity index is 484. The number of amides is 1. The van der Waals surface area contributed by atoms with Crippen LogP contribution in [0.25, 0.3) is 0 Å². The lowest BCUT2D eigenvalue weighted by atomic mass is 9.98. The van der Waals surface area contributed by atoms with E-state index in [0.717, 1.165) is 4.47 Å². The molecular formula is C11H11BrN2O3. The first-order chi connectivity index (χ1) is 7.99. The predicted octanol–water partition coefficient (Wildman–Crippen LogP) is 1.07. The highest BCUT2D eigenvalue weighted by Gasteiger charge is 2.34. The molecule has 1 amide bonds. The number of carboxylic acid groups (broad SMARTS) is 1. The van der Waals surface area contributed by atoms with Crippen LogP contribution in [0.2, 0.25) is 0 Å². The van der Waals surface area contributed by atoms with Gasteiger partial charge in [0.05, 0.1) is 11.5 Å². The van der Waals surface area contributed by atoms with E-state index in [9.17, 15) is 9.59 Å². The maximum Gasteiger partial charge on any atom is 0.310 e. The van der Waals surface area contributed by atoms with Gasteiger partial charge in [-0.25, -0.2) is 0 Å². The van der Waals surface area contributed by atoms with Gasteiger partial charge in [-0.15, -0.1) is 0 Å². The van der Waals surface area contributed by atoms with E-state index in [1.54, 1.807) is 18.2 Å². The van der Waals surface area contributed by atoms with Crippen molar-refractivity contribution in [3.05, 3.63) is 28.2 Å². The fraction of sp³-hybridized carbons (Fsp3) is 0.273. The molecule has 0 unspecified atom stereocenters. The number of nitrogens with two attached hydrogens (primary N) is 1. The second kappa shape index (κ2) is 4.37. The van der Waals surface area contributed by atoms with Crippen LogP contribution in [0.15, 0.2) is 22.7 Å². The highest BCUT2D eigenvalue weighted by atomic mass is 79.9. The Morgan fingerprint density at radius 2 is 2.06 bits per heavy atom. The van der Waals surface area contributed by atoms with Crippen molar-refractivity contribution in [1.29, 1.82) is 0 Å². The Morgan fingerprint density at radius 1 is 1.41 bits per heavy atom. The molecule has 5 nitrogen and oxygen atoms in total. The molecule has 90 valence electrons. The van der Waals surface area contributed by atoms with E-state index in [-0.39, 0.29) is 5.92 Å². The molecule has 0 atom stereocenters. The van der Waals surface area contributed by atoms with Crippen LogP contribution in [-0.4, -0.2) is 30.1 Å². The molecule has 0 radical (unpaired) electrons. The summed E-state index contributed by atoms with van der Waals surface area (Å²) in [6, 6.07) is 5.21. The van der Waals surface area contributed by atoms with Crippen LogP contribution >= 0.6 is 15.9 Å². The van der Waals surface area contributed by atoms with Gasteiger partial charge in [-0.1, -0.05) is 15.9 Å². The molecule has 1 aliphatic rings. The molecule has 1 aromatic carbocycles. The number of carboxylic acids is 1. The zero-order chi connectivity index (χ0) is 12.6. The number of benzene rings is 1. The van der Waals surface area contributed by atoms with Crippen molar-refractivity contribution in [3.8, 4) is 0 Å². The summed E-state index contributed by atoms with van der Waals surface area (Å²) in [7, 11) is 0. The molecular weight excluding hydrogens is 288 g/mol. The largest absolute Gasteiger partial charge is 0.481 e. The van der Waals surface area contributed by atoms with Crippen LogP contribution in [0.4, 0.5) is 5.69 Å². The lowest BCUT2D eigenvalue weighted by molar-refractivity contribution is -0.142. The third kappa shape index (κ3) is 2.26. The first-order valence-electron chi connectivity index (χ1n) is 5.06. The number of hydrogen-bond donors (Lipinski definition) is 2. The summed E-state index contributed by atoms with van der Waals surface area (Å²) in [6.07, 6.45) is 0. The van der Waals surface area contributed by atoms with Crippen molar-refractivity contribution in [2.24, 2.45) is 11.7 Å². The highest BCUT2D eigenvalue weighted by Crippen LogP contribution is 2.30. The molecule has 0 aromatic heterocycles. The number of carbonyl (C=O) groups is 2. The van der Waals surface area contributed by atoms with Crippen molar-refractivity contribution in [2.75, 3.05) is 18.0 Å². The second-order valence-electron chi connectivity index (χ2n) is 3.97. The topological polar surface area (TPSA) is 83.6 Å². The van der Waals surface area contributed by atoms with Gasteiger partial charge in [0.1, 0.15) is 0 Å². The Hall–Kier alpha value is -1.56. The summed E-state index contributed by atoms with van der Waals surface area (Å²) >= 11 is 3.27. The van der Waals surface area contributed by atoms with Crippen LogP contribution in [0.5, 0.6) is 0 Å². The van der Waals surface area contributed by atoms with Gasteiger partial charge in [0.2, 0.25) is 0 Å². The molecule has 0 saturated carbocycles. The van der Waals surface area contributed by atoms with Crippen molar-refractivity contribution in [1.82, 2.24) is 0 Å². The number of halogens is 1. The van der Waals surface area contributed by atoms with Gasteiger partial charge in [0.25, 0.3) is 5.91 Å². The van der Waals surface area contributed by atoms with E-state index in [4.69, 9.17) is 10.8 Å². The highest BCUT2D eigenvalue weighted by molar-refractivity contribution is 9.10. The van der Waals surface area contributed by atoms with Gasteiger partial charge in [-0.2, -0.15) is 0 Å². The molecule has 0 aliphatic carbocycles. The lowest BCUT2D eigenvalue weighted by Gasteiger charge is -2.39. The van der Waals surface area contributed by atoms with Crippen LogP contribution < -0.4 is 10.6 Å². The molecule has 3 N–H and O–H groups in total. The summed E-state index contributed by atoms with van der Waals surface area (Å²) in [4.78, 5) is 23.8. The quantitative estimate of drug-likeness (QED) is 0.874. The normalized spacial score (nSPS) is 15.5. The van der Waals surface area contributed by atoms with Crippen molar-refractivity contribution >= 4 is 33.5 Å². The van der Waals surface area contributed by atoms with Gasteiger partial charge in [0, 0.05) is 23.2 Å². The molecule has 1 fully saturated rings. The van der Waals surface area contributed by atoms with Crippen LogP contribution in [-0.2, 0) is 4.79 Å². The minimum atomic E-state index is -0.806. The first-order valence-corrected chi connectivity index (χ1v) is 5.85. The predicted molar refractivity (Wildman–Crippen MR) is 66.0 cm³/mol. The number of carbonyl (C=O) groups excluding carboxylic acids is 1. The van der Waals surface area contributed by atoms with E-state index in [0.29, 0.717) is 24.3 Å². The molecule has 6 heteroatoms. The standard InChI is InChI=1S/C11H11BrN2O3/c12-7-1-2-9(8(3-7)10(13)15)14-4-6(5-14)11(16)17/h1-3,6H,4-5H2,(H2,13,15)(H,16,17). The average molecular weight is 299 g/mol. The van der Waals surface area contributed by atoms with Crippen molar-refractivity contribution in [2.45, 2.75) is 0 Å². The van der Waals surface area contributed by atoms with Crippen molar-refractivity contribution < 1.29 is 14.7 Å².